The Balaban J connectivity index is 0. The Labute approximate surface area is 86.3 Å². The van der Waals surface area contributed by atoms with E-state index < -0.39 is 0 Å². The summed E-state index contributed by atoms with van der Waals surface area (Å²) in [4.78, 5) is 0. The second kappa shape index (κ2) is 7.53. The predicted molar refractivity (Wildman–Crippen MR) is 46.6 cm³/mol. The molecule has 3 radical (unpaired) electrons. The SMILES string of the molecule is [Po].[SH-].[SiH2]C1CCCCO1. The Morgan fingerprint density at radius 3 is 2.22 bits per heavy atom. The molecule has 1 aliphatic heterocycles. The normalized spacial score (nSPS) is 25.7. The first-order chi connectivity index (χ1) is 3.39. The fourth-order valence-corrected chi connectivity index (χ4v) is 1.26. The van der Waals surface area contributed by atoms with Crippen LogP contribution in [0.5, 0.6) is 0 Å². The Morgan fingerprint density at radius 2 is 2.00 bits per heavy atom. The Bertz CT molecular complexity index is 58.9. The summed E-state index contributed by atoms with van der Waals surface area (Å²) >= 11 is 0. The molecule has 55 valence electrons. The van der Waals surface area contributed by atoms with Crippen molar-refractivity contribution >= 4 is 50.3 Å². The van der Waals surface area contributed by atoms with Gasteiger partial charge < -0.3 is 18.2 Å². The van der Waals surface area contributed by atoms with Gasteiger partial charge in [-0.2, -0.15) is 0 Å². The zero-order valence-corrected chi connectivity index (χ0v) is 10.9. The molecular formula is C5H12OPoSSi-. The second-order valence-corrected chi connectivity index (χ2v) is 2.90. The number of hydrogen-bond acceptors (Lipinski definition) is 2. The van der Waals surface area contributed by atoms with Crippen LogP contribution >= 0.6 is 0 Å². The van der Waals surface area contributed by atoms with Crippen molar-refractivity contribution in [3.05, 3.63) is 0 Å². The standard InChI is InChI=1S/C5H11OSi.Po.H2S/c7-5-3-1-2-4-6-5;;/h5H,1-4,7H2;;1H2/p-1. The first kappa shape index (κ1) is 13.0. The molecule has 1 fully saturated rings. The van der Waals surface area contributed by atoms with Crippen LogP contribution in [-0.4, -0.2) is 49.1 Å². The molecule has 1 saturated heterocycles. The molecule has 4 heteroatoms. The molecule has 0 N–H and O–H groups in total. The van der Waals surface area contributed by atoms with Crippen LogP contribution in [0.1, 0.15) is 19.3 Å². The van der Waals surface area contributed by atoms with Gasteiger partial charge >= 0.3 is 0 Å². The summed E-state index contributed by atoms with van der Waals surface area (Å²) in [6, 6.07) is 0. The molecule has 1 aliphatic rings. The van der Waals surface area contributed by atoms with Crippen molar-refractivity contribution in [2.75, 3.05) is 6.61 Å². The van der Waals surface area contributed by atoms with E-state index in [2.05, 4.69) is 0 Å². The molecule has 1 unspecified atom stereocenters. The molecule has 0 spiro atoms. The maximum Gasteiger partial charge on any atom is 0.0467 e. The van der Waals surface area contributed by atoms with Crippen molar-refractivity contribution < 1.29 is 4.74 Å². The van der Waals surface area contributed by atoms with Gasteiger partial charge in [-0.3, -0.25) is 0 Å². The number of ether oxygens (including phenoxy) is 1. The fourth-order valence-electron chi connectivity index (χ4n) is 0.807. The summed E-state index contributed by atoms with van der Waals surface area (Å²) in [6.45, 7) is 0.994. The van der Waals surface area contributed by atoms with Crippen LogP contribution in [0, 0.1) is 0 Å². The third kappa shape index (κ3) is 5.85. The number of thiol groups is 1. The van der Waals surface area contributed by atoms with Crippen molar-refractivity contribution in [1.82, 2.24) is 0 Å². The zero-order chi connectivity index (χ0) is 5.11. The van der Waals surface area contributed by atoms with Gasteiger partial charge in [-0.25, -0.2) is 0 Å². The van der Waals surface area contributed by atoms with E-state index >= 15 is 0 Å². The number of hydrogen-bond donors (Lipinski definition) is 0. The van der Waals surface area contributed by atoms with Crippen LogP contribution in [0.3, 0.4) is 0 Å². The minimum Gasteiger partial charge on any atom is -0.813 e. The minimum atomic E-state index is 0. The fraction of sp³-hybridized carbons (Fsp3) is 1.00. The van der Waals surface area contributed by atoms with E-state index in [0.717, 1.165) is 6.61 Å². The van der Waals surface area contributed by atoms with Crippen LogP contribution < -0.4 is 0 Å². The van der Waals surface area contributed by atoms with Gasteiger partial charge in [-0.15, -0.1) is 0 Å². The summed E-state index contributed by atoms with van der Waals surface area (Å²) in [6.07, 6.45) is 3.92. The molecular weight excluding hydrogens is 345 g/mol. The molecule has 9 heavy (non-hydrogen) atoms. The Morgan fingerprint density at radius 1 is 1.33 bits per heavy atom. The summed E-state index contributed by atoms with van der Waals surface area (Å²) < 4.78 is 5.29. The van der Waals surface area contributed by atoms with Crippen LogP contribution in [0.2, 0.25) is 0 Å². The average Bonchev–Trinajstić information content (AvgIpc) is 1.69. The van der Waals surface area contributed by atoms with Gasteiger partial charge in [0.1, 0.15) is 0 Å². The van der Waals surface area contributed by atoms with Crippen LogP contribution in [0.15, 0.2) is 0 Å². The topological polar surface area (TPSA) is 9.23 Å². The largest absolute Gasteiger partial charge is 0.813 e. The van der Waals surface area contributed by atoms with E-state index in [-0.39, 0.29) is 40.1 Å². The summed E-state index contributed by atoms with van der Waals surface area (Å²) in [5, 5.41) is 0. The van der Waals surface area contributed by atoms with Crippen molar-refractivity contribution in [1.29, 1.82) is 0 Å². The van der Waals surface area contributed by atoms with E-state index in [1.165, 1.54) is 19.3 Å². The Hall–Kier alpha value is 1.42. The third-order valence-corrected chi connectivity index (χ3v) is 1.92. The average molecular weight is 357 g/mol. The molecule has 0 amide bonds. The van der Waals surface area contributed by atoms with Crippen molar-refractivity contribution in [2.45, 2.75) is 25.0 Å². The maximum absolute atomic E-state index is 5.29. The van der Waals surface area contributed by atoms with Crippen LogP contribution in [-0.2, 0) is 18.2 Å². The number of rotatable bonds is 0. The summed E-state index contributed by atoms with van der Waals surface area (Å²) in [5.41, 5.74) is 0.564. The molecule has 1 nitrogen and oxygen atoms in total. The van der Waals surface area contributed by atoms with Crippen molar-refractivity contribution in [2.24, 2.45) is 0 Å². The third-order valence-electron chi connectivity index (χ3n) is 1.27. The quantitative estimate of drug-likeness (QED) is 0.328. The smallest absolute Gasteiger partial charge is 0.0467 e. The van der Waals surface area contributed by atoms with Gasteiger partial charge in [0.25, 0.3) is 0 Å². The van der Waals surface area contributed by atoms with E-state index in [1.54, 1.807) is 0 Å². The molecule has 1 rings (SSSR count). The van der Waals surface area contributed by atoms with E-state index in [0.29, 0.717) is 5.73 Å². The zero-order valence-electron chi connectivity index (χ0n) is 5.38. The van der Waals surface area contributed by atoms with Crippen LogP contribution in [0.4, 0.5) is 0 Å². The molecule has 0 aromatic heterocycles. The van der Waals surface area contributed by atoms with Crippen molar-refractivity contribution in [3.63, 3.8) is 0 Å². The van der Waals surface area contributed by atoms with Gasteiger partial charge in [-0.05, 0) is 19.3 Å². The second-order valence-electron chi connectivity index (χ2n) is 1.99. The van der Waals surface area contributed by atoms with E-state index in [9.17, 15) is 0 Å². The maximum atomic E-state index is 5.29. The van der Waals surface area contributed by atoms with Gasteiger partial charge in [0.2, 0.25) is 0 Å². The molecule has 1 heterocycles. The molecule has 0 aromatic rings. The van der Waals surface area contributed by atoms with Crippen molar-refractivity contribution in [3.8, 4) is 0 Å². The van der Waals surface area contributed by atoms with E-state index in [1.807, 2.05) is 10.2 Å². The molecule has 0 bridgehead atoms. The summed E-state index contributed by atoms with van der Waals surface area (Å²) in [7, 11) is 1.96. The minimum absolute atomic E-state index is 0. The molecule has 0 aromatic carbocycles. The van der Waals surface area contributed by atoms with Gasteiger partial charge in [0.15, 0.2) is 0 Å². The van der Waals surface area contributed by atoms with Gasteiger partial charge in [0, 0.05) is 49.1 Å². The van der Waals surface area contributed by atoms with Gasteiger partial charge in [-0.1, -0.05) is 0 Å². The monoisotopic (exact) mass is 357 g/mol. The molecule has 1 atom stereocenters. The first-order valence-corrected chi connectivity index (χ1v) is 3.66. The molecule has 0 aliphatic carbocycles. The predicted octanol–water partition coefficient (Wildman–Crippen LogP) is -0.505. The molecule has 0 saturated carbocycles. The summed E-state index contributed by atoms with van der Waals surface area (Å²) in [5.74, 6) is 0. The Kier molecular flexibility index (Phi) is 10.9. The first-order valence-electron chi connectivity index (χ1n) is 2.84. The van der Waals surface area contributed by atoms with E-state index in [4.69, 9.17) is 4.74 Å². The van der Waals surface area contributed by atoms with Gasteiger partial charge in [0.05, 0.1) is 0 Å². The van der Waals surface area contributed by atoms with Crippen LogP contribution in [0.25, 0.3) is 0 Å².